The van der Waals surface area contributed by atoms with Gasteiger partial charge in [0.15, 0.2) is 5.96 Å². The van der Waals surface area contributed by atoms with Crippen molar-refractivity contribution < 1.29 is 72.4 Å². The molecule has 0 unspecified atom stereocenters. The number of hydrogen-bond donors (Lipinski definition) is 6. The second-order valence-electron chi connectivity index (χ2n) is 28.4. The van der Waals surface area contributed by atoms with Gasteiger partial charge in [-0.3, -0.25) is 0 Å². The summed E-state index contributed by atoms with van der Waals surface area (Å²) in [5.41, 5.74) is 24.2. The minimum Gasteiger partial charge on any atom is -0.748 e. The number of aliphatic hydroxyl groups is 3. The number of nitrogens with zero attached hydrogens (tertiary/aromatic N) is 1. The van der Waals surface area contributed by atoms with Gasteiger partial charge in [0.2, 0.25) is 5.72 Å². The fourth-order valence-corrected chi connectivity index (χ4v) is 19.5. The minimum absolute atomic E-state index is 0. The number of hydrogen-bond acceptors (Lipinski definition) is 10. The summed E-state index contributed by atoms with van der Waals surface area (Å²) in [6.07, 6.45) is 13.2. The predicted octanol–water partition coefficient (Wildman–Crippen LogP) is 10.2. The maximum absolute atomic E-state index is 14.5. The average molecular weight is 1270 g/mol. The molecule has 5 aliphatic carbocycles. The summed E-state index contributed by atoms with van der Waals surface area (Å²) in [4.78, 5) is 5.22. The standard InChI is InChI=1S/C79H83N3O9S.Na/c1-46-15-16-56-39-63-28-32-65(56)69(46)42-71(92(87,88)89)70-41-59-37-58(40-64-35-48(45-83)10-5-13-54-38-62(84)27-31-67(54)76(59)90-64)72(70)51-21-25-60(26-22-51)79(91-63,82-77(80)81)44-61(34-47-8-3-2-4-9-47)78(86)33-7-14-57(43-78)53-24-29-66-55(36-53)20-19-52-18-17-49-11-6-12-50-23-30-68(75(66)85)74(52)73(49)50;/h2-4,6,8-9,11-12,17-18,21-32,36,38-39,41,46,48,57-58,61,64,68-72,75-76,83-86H,7,10,14-16,19-20,33-35,37,40,42-45H2,1H3,(H4,80,81,82)(H,87,88,89);/q;+1/p-1/t46-,48+,57+,58-,61+,64-,68-,69+,70-,71-,72+,75+,76-,78-,79+;/m1./s1. The van der Waals surface area contributed by atoms with Gasteiger partial charge in [0.05, 0.1) is 33.2 Å². The summed E-state index contributed by atoms with van der Waals surface area (Å²) >= 11 is 0. The molecule has 0 spiro atoms. The first-order valence-electron chi connectivity index (χ1n) is 33.5. The fourth-order valence-electron chi connectivity index (χ4n) is 18.5. The van der Waals surface area contributed by atoms with Crippen LogP contribution in [-0.4, -0.2) is 62.9 Å². The quantitative estimate of drug-likeness (QED) is 0.0199. The largest absolute Gasteiger partial charge is 1.00 e. The molecule has 8 N–H and O–H groups in total. The van der Waals surface area contributed by atoms with E-state index in [1.165, 1.54) is 27.5 Å². The van der Waals surface area contributed by atoms with Crippen LogP contribution >= 0.6 is 0 Å². The number of aliphatic hydroxyl groups excluding tert-OH is 2. The first kappa shape index (κ1) is 63.8. The van der Waals surface area contributed by atoms with Crippen molar-refractivity contribution in [1.29, 1.82) is 0 Å². The fraction of sp³-hybridized carbons (Fsp3) is 0.405. The zero-order valence-corrected chi connectivity index (χ0v) is 56.0. The molecule has 12 nitrogen and oxygen atoms in total. The summed E-state index contributed by atoms with van der Waals surface area (Å²) in [5.74, 6) is 4.47. The van der Waals surface area contributed by atoms with E-state index in [-0.39, 0.29) is 102 Å². The first-order chi connectivity index (χ1) is 44.5. The maximum Gasteiger partial charge on any atom is 1.00 e. The van der Waals surface area contributed by atoms with Crippen molar-refractivity contribution in [3.8, 4) is 23.3 Å². The smallest absolute Gasteiger partial charge is 0.748 e. The second kappa shape index (κ2) is 25.6. The van der Waals surface area contributed by atoms with Crippen LogP contribution in [0.2, 0.25) is 0 Å². The molecule has 14 heteroatoms. The minimum atomic E-state index is -4.97. The molecule has 7 aromatic carbocycles. The van der Waals surface area contributed by atoms with E-state index in [0.29, 0.717) is 68.2 Å². The molecule has 5 heterocycles. The van der Waals surface area contributed by atoms with Gasteiger partial charge in [-0.15, -0.1) is 0 Å². The SMILES string of the molecule is C[C@@H]1CCc2cc3ccc2[C@H]1C[C@@H](S(=O)(=O)[O-])[C@H]1C=C2C[C@H](C[C@H]4C[C@@H](CO)CC#Cc5cc(O)ccc5[C@@H]2O4)[C@@H]1c1ccc(cc1)[C@@](C[C@H](Cc1ccccc1)[C@@]1(O)CCC[C@H](c2ccc4c(c2)CCc2ccc5cccc6c5c2[C@@H](C=C6)[C@H]4O)C1)(N=C(N)N)O3.[Na+]. The van der Waals surface area contributed by atoms with Gasteiger partial charge in [-0.25, -0.2) is 13.4 Å². The molecule has 15 atom stereocenters. The number of ether oxygens (including phenoxy) is 2. The number of phenolic OH excluding ortho intramolecular Hbond substituents is 1. The molecule has 10 bridgehead atoms. The van der Waals surface area contributed by atoms with E-state index >= 15 is 0 Å². The zero-order chi connectivity index (χ0) is 63.2. The van der Waals surface area contributed by atoms with Gasteiger partial charge in [0, 0.05) is 42.1 Å². The molecular weight excluding hydrogens is 1190 g/mol. The monoisotopic (exact) mass is 1270 g/mol. The number of guanidine groups is 1. The van der Waals surface area contributed by atoms with Crippen molar-refractivity contribution >= 4 is 32.9 Å². The van der Waals surface area contributed by atoms with Crippen molar-refractivity contribution in [2.75, 3.05) is 6.61 Å². The number of allylic oxidation sites excluding steroid dienone is 1. The Hall–Kier alpha value is -6.54. The number of aryl methyl sites for hydroxylation is 3. The average Bonchev–Trinajstić information content (AvgIpc) is 1.65. The topological polar surface area (TPSA) is 221 Å². The van der Waals surface area contributed by atoms with Crippen LogP contribution in [0.3, 0.4) is 0 Å². The number of aromatic hydroxyl groups is 1. The van der Waals surface area contributed by atoms with E-state index in [4.69, 9.17) is 25.9 Å². The Bertz CT molecular complexity index is 4290. The summed E-state index contributed by atoms with van der Waals surface area (Å²) in [5, 5.41) is 49.0. The molecule has 2 fully saturated rings. The summed E-state index contributed by atoms with van der Waals surface area (Å²) in [6, 6.07) is 47.0. The van der Waals surface area contributed by atoms with Crippen LogP contribution in [0.5, 0.6) is 11.5 Å². The van der Waals surface area contributed by atoms with Crippen molar-refractivity contribution in [2.24, 2.45) is 46.0 Å². The summed E-state index contributed by atoms with van der Waals surface area (Å²) < 4.78 is 58.1. The number of aliphatic imine (C=N–C) groups is 1. The van der Waals surface area contributed by atoms with Crippen LogP contribution < -0.4 is 45.8 Å². The Morgan fingerprint density at radius 2 is 1.62 bits per heavy atom. The van der Waals surface area contributed by atoms with Crippen LogP contribution in [0.1, 0.15) is 186 Å². The molecule has 1 saturated carbocycles. The van der Waals surface area contributed by atoms with E-state index in [1.54, 1.807) is 12.1 Å². The van der Waals surface area contributed by atoms with Gasteiger partial charge in [-0.2, -0.15) is 0 Å². The normalized spacial score (nSPS) is 30.2. The Kier molecular flexibility index (Phi) is 17.5. The van der Waals surface area contributed by atoms with Crippen molar-refractivity contribution in [2.45, 2.75) is 162 Å². The molecule has 0 amide bonds. The van der Waals surface area contributed by atoms with Gasteiger partial charge < -0.3 is 45.9 Å². The van der Waals surface area contributed by atoms with E-state index in [2.05, 4.69) is 91.6 Å². The maximum atomic E-state index is 14.5. The Balaban J connectivity index is 0.00000749. The molecule has 93 heavy (non-hydrogen) atoms. The number of nitrogens with two attached hydrogens (primary N) is 2. The Morgan fingerprint density at radius 3 is 2.43 bits per heavy atom. The third-order valence-corrected chi connectivity index (χ3v) is 24.1. The summed E-state index contributed by atoms with van der Waals surface area (Å²) in [7, 11) is -4.97. The molecule has 10 aliphatic rings. The summed E-state index contributed by atoms with van der Waals surface area (Å²) in [6.45, 7) is 2.07. The molecular formula is C79H82N3NaO9S. The Morgan fingerprint density at radius 1 is 0.839 bits per heavy atom. The Labute approximate surface area is 568 Å². The molecule has 0 aromatic heterocycles. The van der Waals surface area contributed by atoms with E-state index in [0.717, 1.165) is 82.2 Å². The van der Waals surface area contributed by atoms with E-state index < -0.39 is 56.7 Å². The predicted molar refractivity (Wildman–Crippen MR) is 358 cm³/mol. The zero-order valence-electron chi connectivity index (χ0n) is 53.2. The van der Waals surface area contributed by atoms with Crippen molar-refractivity contribution in [3.63, 3.8) is 0 Å². The molecule has 1 saturated heterocycles. The number of benzene rings is 7. The molecule has 5 aliphatic heterocycles. The number of rotatable bonds is 9. The molecule has 7 aromatic rings. The van der Waals surface area contributed by atoms with Gasteiger partial charge in [-0.1, -0.05) is 152 Å². The molecule has 17 rings (SSSR count). The van der Waals surface area contributed by atoms with Crippen LogP contribution in [-0.2, 0) is 46.3 Å². The van der Waals surface area contributed by atoms with Crippen LogP contribution in [0.15, 0.2) is 162 Å². The second-order valence-corrected chi connectivity index (χ2v) is 30.0. The van der Waals surface area contributed by atoms with Crippen molar-refractivity contribution in [3.05, 3.63) is 230 Å². The van der Waals surface area contributed by atoms with Gasteiger partial charge in [0.25, 0.3) is 0 Å². The molecule has 474 valence electrons. The number of fused-ring (bicyclic) bond motifs is 10. The third kappa shape index (κ3) is 12.1. The van der Waals surface area contributed by atoms with Crippen LogP contribution in [0.4, 0.5) is 0 Å². The van der Waals surface area contributed by atoms with Crippen LogP contribution in [0.25, 0.3) is 16.8 Å². The van der Waals surface area contributed by atoms with Gasteiger partial charge >= 0.3 is 29.6 Å². The van der Waals surface area contributed by atoms with Crippen molar-refractivity contribution in [1.82, 2.24) is 0 Å². The van der Waals surface area contributed by atoms with E-state index in [9.17, 15) is 33.4 Å². The van der Waals surface area contributed by atoms with Crippen LogP contribution in [0, 0.1) is 41.4 Å². The van der Waals surface area contributed by atoms with Gasteiger partial charge in [0.1, 0.15) is 17.6 Å². The molecule has 0 radical (unpaired) electrons. The first-order valence-corrected chi connectivity index (χ1v) is 35.0. The van der Waals surface area contributed by atoms with Gasteiger partial charge in [-0.05, 0) is 227 Å². The number of phenols is 1. The third-order valence-electron chi connectivity index (χ3n) is 22.9. The van der Waals surface area contributed by atoms with E-state index in [1.807, 2.05) is 72.8 Å².